The molecule has 0 atom stereocenters. The zero-order valence-electron chi connectivity index (χ0n) is 9.38. The van der Waals surface area contributed by atoms with Crippen molar-refractivity contribution in [3.8, 4) is 11.5 Å². The van der Waals surface area contributed by atoms with Gasteiger partial charge in [-0.2, -0.15) is 0 Å². The Morgan fingerprint density at radius 2 is 2.17 bits per heavy atom. The number of fused-ring (bicyclic) bond motifs is 1. The summed E-state index contributed by atoms with van der Waals surface area (Å²) in [5.74, 6) is 1.14. The van der Waals surface area contributed by atoms with E-state index in [0.29, 0.717) is 12.3 Å². The molecule has 0 saturated heterocycles. The van der Waals surface area contributed by atoms with Crippen molar-refractivity contribution in [3.63, 3.8) is 0 Å². The number of hydrogen-bond donors (Lipinski definition) is 1. The van der Waals surface area contributed by atoms with Crippen LogP contribution in [0.5, 0.6) is 11.5 Å². The number of carbonyl (C=O) groups excluding carboxylic acids is 1. The van der Waals surface area contributed by atoms with E-state index in [1.807, 2.05) is 18.2 Å². The van der Waals surface area contributed by atoms with E-state index >= 15 is 0 Å². The fraction of sp³-hybridized carbons (Fsp3) is 0.167. The van der Waals surface area contributed by atoms with E-state index < -0.39 is 0 Å². The summed E-state index contributed by atoms with van der Waals surface area (Å²) in [6.07, 6.45) is 1.36. The lowest BCUT2D eigenvalue weighted by Gasteiger charge is -2.04. The molecule has 6 nitrogen and oxygen atoms in total. The van der Waals surface area contributed by atoms with Crippen molar-refractivity contribution in [2.75, 3.05) is 6.79 Å². The summed E-state index contributed by atoms with van der Waals surface area (Å²) in [5.41, 5.74) is 1.19. The number of carbonyl (C=O) groups is 1. The number of amides is 1. The summed E-state index contributed by atoms with van der Waals surface area (Å²) >= 11 is 0. The molecule has 0 fully saturated rings. The summed E-state index contributed by atoms with van der Waals surface area (Å²) in [7, 11) is 0. The molecule has 0 bridgehead atoms. The van der Waals surface area contributed by atoms with Crippen LogP contribution in [0.4, 0.5) is 0 Å². The highest BCUT2D eigenvalue weighted by atomic mass is 16.7. The van der Waals surface area contributed by atoms with Crippen molar-refractivity contribution < 1.29 is 18.8 Å². The van der Waals surface area contributed by atoms with Gasteiger partial charge in [0.25, 0.3) is 5.91 Å². The predicted molar refractivity (Wildman–Crippen MR) is 60.2 cm³/mol. The predicted octanol–water partition coefficient (Wildman–Crippen LogP) is 1.33. The third kappa shape index (κ3) is 2.00. The van der Waals surface area contributed by atoms with Crippen LogP contribution in [0.1, 0.15) is 16.1 Å². The quantitative estimate of drug-likeness (QED) is 0.884. The first-order valence-electron chi connectivity index (χ1n) is 5.40. The van der Waals surface area contributed by atoms with E-state index in [0.717, 1.165) is 11.3 Å². The molecule has 6 heteroatoms. The Hall–Kier alpha value is -2.50. The molecular formula is C12H10N2O4. The summed E-state index contributed by atoms with van der Waals surface area (Å²) < 4.78 is 15.1. The fourth-order valence-corrected chi connectivity index (χ4v) is 1.65. The highest BCUT2D eigenvalue weighted by Crippen LogP contribution is 2.32. The second kappa shape index (κ2) is 4.40. The van der Waals surface area contributed by atoms with Crippen LogP contribution >= 0.6 is 0 Å². The standard InChI is InChI=1S/C12H10N2O4/c15-12(9-3-4-18-14-9)13-6-8-1-2-10-11(5-8)17-7-16-10/h1-5H,6-7H2,(H,13,15). The molecule has 1 N–H and O–H groups in total. The van der Waals surface area contributed by atoms with Crippen LogP contribution in [0.3, 0.4) is 0 Å². The molecule has 0 saturated carbocycles. The van der Waals surface area contributed by atoms with Crippen molar-refractivity contribution >= 4 is 5.91 Å². The summed E-state index contributed by atoms with van der Waals surface area (Å²) in [6, 6.07) is 7.04. The van der Waals surface area contributed by atoms with Crippen molar-refractivity contribution in [1.82, 2.24) is 10.5 Å². The van der Waals surface area contributed by atoms with Crippen molar-refractivity contribution in [2.24, 2.45) is 0 Å². The van der Waals surface area contributed by atoms with Crippen LogP contribution in [0, 0.1) is 0 Å². The minimum atomic E-state index is -0.276. The van der Waals surface area contributed by atoms with Gasteiger partial charge in [0.05, 0.1) is 0 Å². The second-order valence-electron chi connectivity index (χ2n) is 3.75. The Balaban J connectivity index is 1.65. The number of hydrogen-bond acceptors (Lipinski definition) is 5. The lowest BCUT2D eigenvalue weighted by molar-refractivity contribution is 0.0941. The molecule has 1 aliphatic rings. The largest absolute Gasteiger partial charge is 0.454 e. The molecule has 1 aromatic carbocycles. The molecule has 2 heterocycles. The number of ether oxygens (including phenoxy) is 2. The molecular weight excluding hydrogens is 236 g/mol. The van der Waals surface area contributed by atoms with Crippen LogP contribution in [0.25, 0.3) is 0 Å². The third-order valence-corrected chi connectivity index (χ3v) is 2.56. The first-order chi connectivity index (χ1) is 8.83. The van der Waals surface area contributed by atoms with Crippen LogP contribution < -0.4 is 14.8 Å². The smallest absolute Gasteiger partial charge is 0.273 e. The normalized spacial score (nSPS) is 12.4. The number of aromatic nitrogens is 1. The lowest BCUT2D eigenvalue weighted by atomic mass is 10.2. The summed E-state index contributed by atoms with van der Waals surface area (Å²) in [4.78, 5) is 11.6. The lowest BCUT2D eigenvalue weighted by Crippen LogP contribution is -2.22. The number of rotatable bonds is 3. The molecule has 0 spiro atoms. The first-order valence-corrected chi connectivity index (χ1v) is 5.40. The average molecular weight is 246 g/mol. The van der Waals surface area contributed by atoms with Gasteiger partial charge in [-0.1, -0.05) is 11.2 Å². The van der Waals surface area contributed by atoms with Crippen molar-refractivity contribution in [2.45, 2.75) is 6.54 Å². The van der Waals surface area contributed by atoms with E-state index in [1.54, 1.807) is 0 Å². The van der Waals surface area contributed by atoms with E-state index in [9.17, 15) is 4.79 Å². The van der Waals surface area contributed by atoms with Crippen LogP contribution in [0.2, 0.25) is 0 Å². The first kappa shape index (κ1) is 10.6. The molecule has 18 heavy (non-hydrogen) atoms. The van der Waals surface area contributed by atoms with E-state index in [4.69, 9.17) is 9.47 Å². The molecule has 0 unspecified atom stereocenters. The average Bonchev–Trinajstić information content (AvgIpc) is 3.05. The van der Waals surface area contributed by atoms with Gasteiger partial charge in [-0.05, 0) is 17.7 Å². The molecule has 1 aliphatic heterocycles. The van der Waals surface area contributed by atoms with Gasteiger partial charge in [0.15, 0.2) is 17.2 Å². The Bertz CT molecular complexity index is 565. The summed E-state index contributed by atoms with van der Waals surface area (Å²) in [5, 5.41) is 6.29. The SMILES string of the molecule is O=C(NCc1ccc2c(c1)OCO2)c1ccon1. The van der Waals surface area contributed by atoms with Gasteiger partial charge >= 0.3 is 0 Å². The van der Waals surface area contributed by atoms with Crippen molar-refractivity contribution in [1.29, 1.82) is 0 Å². The van der Waals surface area contributed by atoms with Gasteiger partial charge in [0.2, 0.25) is 6.79 Å². The molecule has 2 aromatic rings. The highest BCUT2D eigenvalue weighted by Gasteiger charge is 2.14. The van der Waals surface area contributed by atoms with Gasteiger partial charge in [0.1, 0.15) is 6.26 Å². The van der Waals surface area contributed by atoms with E-state index in [2.05, 4.69) is 15.0 Å². The van der Waals surface area contributed by atoms with Crippen molar-refractivity contribution in [3.05, 3.63) is 41.8 Å². The van der Waals surface area contributed by atoms with Gasteiger partial charge < -0.3 is 19.3 Å². The molecule has 0 aliphatic carbocycles. The molecule has 92 valence electrons. The Morgan fingerprint density at radius 1 is 1.28 bits per heavy atom. The van der Waals surface area contributed by atoms with Gasteiger partial charge in [0, 0.05) is 12.6 Å². The summed E-state index contributed by atoms with van der Waals surface area (Å²) in [6.45, 7) is 0.631. The maximum absolute atomic E-state index is 11.6. The molecule has 0 radical (unpaired) electrons. The monoisotopic (exact) mass is 246 g/mol. The van der Waals surface area contributed by atoms with Gasteiger partial charge in [-0.25, -0.2) is 0 Å². The van der Waals surface area contributed by atoms with E-state index in [1.165, 1.54) is 12.3 Å². The van der Waals surface area contributed by atoms with Gasteiger partial charge in [-0.3, -0.25) is 4.79 Å². The second-order valence-corrected chi connectivity index (χ2v) is 3.75. The number of nitrogens with zero attached hydrogens (tertiary/aromatic N) is 1. The number of benzene rings is 1. The van der Waals surface area contributed by atoms with Gasteiger partial charge in [-0.15, -0.1) is 0 Å². The Kier molecular flexibility index (Phi) is 2.60. The minimum Gasteiger partial charge on any atom is -0.454 e. The third-order valence-electron chi connectivity index (χ3n) is 2.56. The molecule has 3 rings (SSSR count). The highest BCUT2D eigenvalue weighted by molar-refractivity contribution is 5.91. The fourth-order valence-electron chi connectivity index (χ4n) is 1.65. The Labute approximate surface area is 102 Å². The zero-order chi connectivity index (χ0) is 12.4. The topological polar surface area (TPSA) is 73.6 Å². The van der Waals surface area contributed by atoms with E-state index in [-0.39, 0.29) is 18.4 Å². The zero-order valence-corrected chi connectivity index (χ0v) is 9.38. The Morgan fingerprint density at radius 3 is 3.00 bits per heavy atom. The maximum atomic E-state index is 11.6. The number of nitrogens with one attached hydrogen (secondary N) is 1. The van der Waals surface area contributed by atoms with Crippen LogP contribution in [0.15, 0.2) is 35.1 Å². The van der Waals surface area contributed by atoms with Crippen LogP contribution in [-0.4, -0.2) is 17.9 Å². The molecule has 1 aromatic heterocycles. The minimum absolute atomic E-state index is 0.240. The van der Waals surface area contributed by atoms with Crippen LogP contribution in [-0.2, 0) is 6.54 Å². The molecule has 1 amide bonds. The maximum Gasteiger partial charge on any atom is 0.273 e.